The number of nitrogens with zero attached hydrogens (tertiary/aromatic N) is 1. The van der Waals surface area contributed by atoms with Crippen LogP contribution in [0.4, 0.5) is 4.39 Å². The van der Waals surface area contributed by atoms with Gasteiger partial charge in [-0.1, -0.05) is 12.1 Å². The lowest BCUT2D eigenvalue weighted by molar-refractivity contribution is -0.129. The average molecular weight is 495 g/mol. The van der Waals surface area contributed by atoms with Gasteiger partial charge in [-0.25, -0.2) is 14.2 Å². The Morgan fingerprint density at radius 1 is 1.29 bits per heavy atom. The minimum absolute atomic E-state index is 0.00494. The number of rotatable bonds is 6. The highest BCUT2D eigenvalue weighted by Crippen LogP contribution is 2.36. The van der Waals surface area contributed by atoms with Gasteiger partial charge in [-0.3, -0.25) is 0 Å². The molecule has 0 aromatic heterocycles. The lowest BCUT2D eigenvalue weighted by atomic mass is 10.1. The molecule has 146 valence electrons. The molecule has 1 heterocycles. The van der Waals surface area contributed by atoms with Gasteiger partial charge in [0, 0.05) is 0 Å². The van der Waals surface area contributed by atoms with Crippen LogP contribution < -0.4 is 9.47 Å². The third kappa shape index (κ3) is 4.52. The van der Waals surface area contributed by atoms with Crippen LogP contribution in [0.2, 0.25) is 0 Å². The summed E-state index contributed by atoms with van der Waals surface area (Å²) in [6.45, 7) is 6.24. The summed E-state index contributed by atoms with van der Waals surface area (Å²) in [5.74, 6) is 0.0602. The summed E-state index contributed by atoms with van der Waals surface area (Å²) in [5, 5.41) is 0. The second-order valence-corrected chi connectivity index (χ2v) is 7.41. The summed E-state index contributed by atoms with van der Waals surface area (Å²) in [6.07, 6.45) is 1.58. The van der Waals surface area contributed by atoms with Crippen molar-refractivity contribution in [2.75, 3.05) is 6.61 Å². The number of aliphatic imine (C=N–C) groups is 1. The molecule has 0 spiro atoms. The highest BCUT2D eigenvalue weighted by molar-refractivity contribution is 14.1. The highest BCUT2D eigenvalue weighted by Gasteiger charge is 2.26. The third-order valence-corrected chi connectivity index (χ3v) is 4.51. The maximum Gasteiger partial charge on any atom is 0.363 e. The van der Waals surface area contributed by atoms with E-state index in [0.29, 0.717) is 23.7 Å². The molecule has 3 rings (SSSR count). The molecule has 2 aromatic rings. The van der Waals surface area contributed by atoms with Gasteiger partial charge in [0.05, 0.1) is 21.8 Å². The molecule has 0 aliphatic carbocycles. The average Bonchev–Trinajstić information content (AvgIpc) is 2.99. The minimum Gasteiger partial charge on any atom is -0.490 e. The van der Waals surface area contributed by atoms with Gasteiger partial charge < -0.3 is 14.2 Å². The molecular formula is C21H19FINO4. The zero-order valence-electron chi connectivity index (χ0n) is 15.7. The molecule has 0 radical (unpaired) electrons. The Hall–Kier alpha value is -2.42. The van der Waals surface area contributed by atoms with Crippen LogP contribution in [-0.4, -0.2) is 24.6 Å². The molecule has 7 heteroatoms. The fourth-order valence-electron chi connectivity index (χ4n) is 2.60. The fourth-order valence-corrected chi connectivity index (χ4v) is 3.35. The third-order valence-electron chi connectivity index (χ3n) is 3.71. The summed E-state index contributed by atoms with van der Waals surface area (Å²) in [6, 6.07) is 9.65. The Bertz CT molecular complexity index is 969. The lowest BCUT2D eigenvalue weighted by Crippen LogP contribution is -2.09. The van der Waals surface area contributed by atoms with E-state index >= 15 is 0 Å². The molecule has 0 bridgehead atoms. The number of cyclic esters (lactones) is 1. The second-order valence-electron chi connectivity index (χ2n) is 6.25. The first-order chi connectivity index (χ1) is 13.4. The van der Waals surface area contributed by atoms with Gasteiger partial charge in [-0.05, 0) is 79.3 Å². The van der Waals surface area contributed by atoms with Crippen molar-refractivity contribution in [1.29, 1.82) is 0 Å². The summed E-state index contributed by atoms with van der Waals surface area (Å²) in [7, 11) is 0. The maximum absolute atomic E-state index is 13.9. The summed E-state index contributed by atoms with van der Waals surface area (Å²) in [5.41, 5.74) is 0.938. The molecule has 1 aliphatic rings. The van der Waals surface area contributed by atoms with Gasteiger partial charge in [0.2, 0.25) is 5.90 Å². The Kier molecular flexibility index (Phi) is 6.33. The monoisotopic (exact) mass is 495 g/mol. The van der Waals surface area contributed by atoms with Crippen molar-refractivity contribution in [1.82, 2.24) is 0 Å². The minimum atomic E-state index is -0.631. The number of ether oxygens (including phenoxy) is 3. The van der Waals surface area contributed by atoms with E-state index in [1.807, 2.05) is 26.8 Å². The van der Waals surface area contributed by atoms with Crippen LogP contribution in [-0.2, 0) is 9.53 Å². The maximum atomic E-state index is 13.9. The standard InChI is InChI=1S/C21H19FINO4/c1-4-26-18-11-13(9-16(23)19(18)27-12(2)3)10-17-21(25)28-20(24-17)14-7-5-6-8-15(14)22/h5-12H,4H2,1-3H3/b17-10+. The van der Waals surface area contributed by atoms with Gasteiger partial charge in [-0.2, -0.15) is 0 Å². The largest absolute Gasteiger partial charge is 0.490 e. The van der Waals surface area contributed by atoms with Crippen molar-refractivity contribution in [3.05, 3.63) is 62.6 Å². The summed E-state index contributed by atoms with van der Waals surface area (Å²) < 4.78 is 31.5. The van der Waals surface area contributed by atoms with Crippen molar-refractivity contribution < 1.29 is 23.4 Å². The Labute approximate surface area is 176 Å². The van der Waals surface area contributed by atoms with E-state index in [9.17, 15) is 9.18 Å². The number of carbonyl (C=O) groups excluding carboxylic acids is 1. The first-order valence-corrected chi connectivity index (χ1v) is 9.87. The highest BCUT2D eigenvalue weighted by atomic mass is 127. The van der Waals surface area contributed by atoms with E-state index in [4.69, 9.17) is 14.2 Å². The van der Waals surface area contributed by atoms with Crippen LogP contribution in [0.15, 0.2) is 47.1 Å². The predicted octanol–water partition coefficient (Wildman–Crippen LogP) is 4.96. The van der Waals surface area contributed by atoms with Crippen LogP contribution >= 0.6 is 22.6 Å². The summed E-state index contributed by atoms with van der Waals surface area (Å²) >= 11 is 2.16. The van der Waals surface area contributed by atoms with E-state index in [0.717, 1.165) is 3.57 Å². The van der Waals surface area contributed by atoms with Gasteiger partial charge in [-0.15, -0.1) is 0 Å². The van der Waals surface area contributed by atoms with Crippen LogP contribution in [0.25, 0.3) is 6.08 Å². The molecular weight excluding hydrogens is 476 g/mol. The first-order valence-electron chi connectivity index (χ1n) is 8.79. The van der Waals surface area contributed by atoms with Gasteiger partial charge in [0.15, 0.2) is 17.2 Å². The topological polar surface area (TPSA) is 57.1 Å². The van der Waals surface area contributed by atoms with Crippen molar-refractivity contribution in [3.63, 3.8) is 0 Å². The van der Waals surface area contributed by atoms with Crippen molar-refractivity contribution in [3.8, 4) is 11.5 Å². The fraction of sp³-hybridized carbons (Fsp3) is 0.238. The van der Waals surface area contributed by atoms with Crippen LogP contribution in [0.1, 0.15) is 31.9 Å². The molecule has 5 nitrogen and oxygen atoms in total. The van der Waals surface area contributed by atoms with Crippen LogP contribution in [0.3, 0.4) is 0 Å². The SMILES string of the molecule is CCOc1cc(/C=C2/N=C(c3ccccc3F)OC2=O)cc(I)c1OC(C)C. The normalized spacial score (nSPS) is 15.0. The van der Waals surface area contributed by atoms with E-state index in [2.05, 4.69) is 27.6 Å². The van der Waals surface area contributed by atoms with Crippen molar-refractivity contribution in [2.24, 2.45) is 4.99 Å². The molecule has 0 unspecified atom stereocenters. The smallest absolute Gasteiger partial charge is 0.363 e. The van der Waals surface area contributed by atoms with Gasteiger partial charge in [0.1, 0.15) is 5.82 Å². The molecule has 0 fully saturated rings. The molecule has 2 aromatic carbocycles. The van der Waals surface area contributed by atoms with Crippen LogP contribution in [0, 0.1) is 9.39 Å². The lowest BCUT2D eigenvalue weighted by Gasteiger charge is -2.16. The molecule has 1 aliphatic heterocycles. The molecule has 0 atom stereocenters. The quantitative estimate of drug-likeness (QED) is 0.323. The Morgan fingerprint density at radius 2 is 2.04 bits per heavy atom. The molecule has 0 amide bonds. The zero-order valence-corrected chi connectivity index (χ0v) is 17.8. The van der Waals surface area contributed by atoms with E-state index in [-0.39, 0.29) is 23.3 Å². The zero-order chi connectivity index (χ0) is 20.3. The molecule has 0 saturated carbocycles. The number of halogens is 2. The number of benzene rings is 2. The number of hydrogen-bond acceptors (Lipinski definition) is 5. The molecule has 0 N–H and O–H groups in total. The van der Waals surface area contributed by atoms with Gasteiger partial charge in [0.25, 0.3) is 0 Å². The molecule has 0 saturated heterocycles. The second kappa shape index (κ2) is 8.72. The number of hydrogen-bond donors (Lipinski definition) is 0. The van der Waals surface area contributed by atoms with E-state index < -0.39 is 11.8 Å². The van der Waals surface area contributed by atoms with E-state index in [1.54, 1.807) is 24.3 Å². The van der Waals surface area contributed by atoms with Crippen molar-refractivity contribution >= 4 is 40.5 Å². The Morgan fingerprint density at radius 3 is 2.71 bits per heavy atom. The number of carbonyl (C=O) groups is 1. The summed E-state index contributed by atoms with van der Waals surface area (Å²) in [4.78, 5) is 16.4. The Balaban J connectivity index is 1.98. The van der Waals surface area contributed by atoms with Gasteiger partial charge >= 0.3 is 5.97 Å². The van der Waals surface area contributed by atoms with Crippen molar-refractivity contribution in [2.45, 2.75) is 26.9 Å². The first kappa shape index (κ1) is 20.3. The van der Waals surface area contributed by atoms with Crippen LogP contribution in [0.5, 0.6) is 11.5 Å². The number of esters is 1. The predicted molar refractivity (Wildman–Crippen MR) is 113 cm³/mol. The molecule has 28 heavy (non-hydrogen) atoms. The van der Waals surface area contributed by atoms with E-state index in [1.165, 1.54) is 12.1 Å².